The fraction of sp³-hybridized carbons (Fsp3) is 0.524. The number of nitrogens with zero attached hydrogens (tertiary/aromatic N) is 1. The number of benzene rings is 1. The molecule has 2 rings (SSSR count). The summed E-state index contributed by atoms with van der Waals surface area (Å²) < 4.78 is 4.76. The van der Waals surface area contributed by atoms with Crippen molar-refractivity contribution < 1.29 is 23.9 Å². The average Bonchev–Trinajstić information content (AvgIpc) is 2.88. The van der Waals surface area contributed by atoms with Crippen molar-refractivity contribution in [2.75, 3.05) is 13.7 Å². The first-order valence-corrected chi connectivity index (χ1v) is 10.6. The number of carbonyl (C=O) groups is 4. The van der Waals surface area contributed by atoms with E-state index in [-0.39, 0.29) is 16.9 Å². The minimum absolute atomic E-state index is 0.158. The topological polar surface area (TPSA) is 92.8 Å². The van der Waals surface area contributed by atoms with Gasteiger partial charge in [-0.15, -0.1) is 0 Å². The van der Waals surface area contributed by atoms with Crippen molar-refractivity contribution >= 4 is 34.7 Å². The Morgan fingerprint density at radius 2 is 1.93 bits per heavy atom. The normalized spacial score (nSPS) is 19.1. The van der Waals surface area contributed by atoms with Gasteiger partial charge in [-0.05, 0) is 38.2 Å². The van der Waals surface area contributed by atoms with Gasteiger partial charge >= 0.3 is 5.97 Å². The lowest BCUT2D eigenvalue weighted by Gasteiger charge is -2.29. The first-order valence-electron chi connectivity index (χ1n) is 9.73. The van der Waals surface area contributed by atoms with Gasteiger partial charge in [-0.3, -0.25) is 14.4 Å². The summed E-state index contributed by atoms with van der Waals surface area (Å²) >= 11 is 0.963. The van der Waals surface area contributed by atoms with E-state index in [1.165, 1.54) is 18.9 Å². The Bertz CT molecular complexity index is 740. The van der Waals surface area contributed by atoms with Crippen LogP contribution in [0.3, 0.4) is 0 Å². The van der Waals surface area contributed by atoms with Crippen LogP contribution in [-0.4, -0.2) is 58.8 Å². The van der Waals surface area contributed by atoms with Crippen molar-refractivity contribution in [1.29, 1.82) is 0 Å². The second-order valence-corrected chi connectivity index (χ2v) is 8.46. The summed E-state index contributed by atoms with van der Waals surface area (Å²) in [5.74, 6) is -1.13. The van der Waals surface area contributed by atoms with Crippen LogP contribution in [0.15, 0.2) is 30.3 Å². The van der Waals surface area contributed by atoms with Crippen LogP contribution >= 0.6 is 11.8 Å². The molecule has 0 spiro atoms. The fourth-order valence-corrected chi connectivity index (χ4v) is 4.21. The van der Waals surface area contributed by atoms with Gasteiger partial charge in [0.25, 0.3) is 0 Å². The molecule has 1 aliphatic heterocycles. The summed E-state index contributed by atoms with van der Waals surface area (Å²) in [6.45, 7) is 3.49. The van der Waals surface area contributed by atoms with Crippen LogP contribution in [0.5, 0.6) is 0 Å². The molecule has 1 aliphatic rings. The highest BCUT2D eigenvalue weighted by molar-refractivity contribution is 8.14. The minimum atomic E-state index is -0.720. The minimum Gasteiger partial charge on any atom is -0.467 e. The van der Waals surface area contributed by atoms with E-state index >= 15 is 0 Å². The van der Waals surface area contributed by atoms with E-state index in [4.69, 9.17) is 4.74 Å². The van der Waals surface area contributed by atoms with Crippen LogP contribution in [0.2, 0.25) is 0 Å². The molecule has 2 amide bonds. The van der Waals surface area contributed by atoms with E-state index in [1.807, 2.05) is 30.3 Å². The number of amides is 2. The molecule has 29 heavy (non-hydrogen) atoms. The molecule has 0 aliphatic carbocycles. The van der Waals surface area contributed by atoms with Crippen LogP contribution in [0.4, 0.5) is 0 Å². The van der Waals surface area contributed by atoms with Crippen LogP contribution in [-0.2, 0) is 30.3 Å². The molecule has 0 bridgehead atoms. The number of ether oxygens (including phenoxy) is 1. The Morgan fingerprint density at radius 3 is 2.55 bits per heavy atom. The zero-order chi connectivity index (χ0) is 21.4. The van der Waals surface area contributed by atoms with Gasteiger partial charge in [0.1, 0.15) is 12.1 Å². The third-order valence-corrected chi connectivity index (χ3v) is 5.91. The van der Waals surface area contributed by atoms with Gasteiger partial charge in [0.2, 0.25) is 11.8 Å². The molecule has 158 valence electrons. The van der Waals surface area contributed by atoms with Crippen molar-refractivity contribution in [3.63, 3.8) is 0 Å². The maximum absolute atomic E-state index is 13.0. The van der Waals surface area contributed by atoms with Gasteiger partial charge in [-0.1, -0.05) is 42.1 Å². The molecule has 0 saturated carbocycles. The van der Waals surface area contributed by atoms with E-state index in [0.29, 0.717) is 19.4 Å². The molecule has 1 saturated heterocycles. The highest BCUT2D eigenvalue weighted by Crippen LogP contribution is 2.20. The fourth-order valence-electron chi connectivity index (χ4n) is 3.36. The van der Waals surface area contributed by atoms with Gasteiger partial charge in [-0.2, -0.15) is 0 Å². The molecular formula is C21H28N2O5S. The molecule has 1 aromatic rings. The smallest absolute Gasteiger partial charge is 0.328 e. The van der Waals surface area contributed by atoms with E-state index < -0.39 is 23.3 Å². The first-order chi connectivity index (χ1) is 13.8. The summed E-state index contributed by atoms with van der Waals surface area (Å²) in [5.41, 5.74) is 0.939. The number of rotatable bonds is 7. The van der Waals surface area contributed by atoms with Gasteiger partial charge in [-0.25, -0.2) is 4.79 Å². The van der Waals surface area contributed by atoms with Crippen molar-refractivity contribution in [2.24, 2.45) is 0 Å². The van der Waals surface area contributed by atoms with Gasteiger partial charge in [0.05, 0.1) is 12.4 Å². The molecule has 0 unspecified atom stereocenters. The van der Waals surface area contributed by atoms with Crippen molar-refractivity contribution in [1.82, 2.24) is 10.2 Å². The van der Waals surface area contributed by atoms with Crippen LogP contribution in [0.25, 0.3) is 0 Å². The van der Waals surface area contributed by atoms with Crippen molar-refractivity contribution in [3.8, 4) is 0 Å². The number of likely N-dealkylation sites (tertiary alicyclic amines) is 1. The Kier molecular flexibility index (Phi) is 8.70. The molecule has 1 heterocycles. The average molecular weight is 421 g/mol. The van der Waals surface area contributed by atoms with E-state index in [0.717, 1.165) is 30.2 Å². The van der Waals surface area contributed by atoms with Crippen LogP contribution in [0, 0.1) is 0 Å². The zero-order valence-electron chi connectivity index (χ0n) is 17.1. The number of hydrogen-bond donors (Lipinski definition) is 1. The monoisotopic (exact) mass is 420 g/mol. The number of methoxy groups -OCH3 is 1. The van der Waals surface area contributed by atoms with E-state index in [2.05, 4.69) is 5.32 Å². The molecule has 1 aromatic carbocycles. The van der Waals surface area contributed by atoms with Gasteiger partial charge in [0, 0.05) is 13.5 Å². The number of nitrogens with one attached hydrogen (secondary N) is 1. The second kappa shape index (κ2) is 11.0. The Hall–Kier alpha value is -2.35. The number of carbonyl (C=O) groups excluding carboxylic acids is 4. The summed E-state index contributed by atoms with van der Waals surface area (Å²) in [7, 11) is 1.29. The predicted octanol–water partition coefficient (Wildman–Crippen LogP) is 1.94. The lowest BCUT2D eigenvalue weighted by Crippen LogP contribution is -2.53. The second-order valence-electron chi connectivity index (χ2n) is 7.08. The molecule has 0 radical (unpaired) electrons. The zero-order valence-corrected chi connectivity index (χ0v) is 17.9. The summed E-state index contributed by atoms with van der Waals surface area (Å²) in [6.07, 6.45) is 2.39. The van der Waals surface area contributed by atoms with Gasteiger partial charge in [0.15, 0.2) is 5.12 Å². The number of esters is 1. The largest absolute Gasteiger partial charge is 0.467 e. The van der Waals surface area contributed by atoms with E-state index in [1.54, 1.807) is 6.92 Å². The Balaban J connectivity index is 2.12. The lowest BCUT2D eigenvalue weighted by molar-refractivity contribution is -0.152. The Morgan fingerprint density at radius 1 is 1.24 bits per heavy atom. The molecule has 3 atom stereocenters. The maximum Gasteiger partial charge on any atom is 0.328 e. The molecule has 1 N–H and O–H groups in total. The van der Waals surface area contributed by atoms with E-state index in [9.17, 15) is 19.2 Å². The lowest BCUT2D eigenvalue weighted by atomic mass is 10.1. The van der Waals surface area contributed by atoms with Crippen LogP contribution in [0.1, 0.15) is 38.7 Å². The van der Waals surface area contributed by atoms with Crippen molar-refractivity contribution in [2.45, 2.75) is 56.9 Å². The molecule has 0 aromatic heterocycles. The highest BCUT2D eigenvalue weighted by Gasteiger charge is 2.35. The quantitative estimate of drug-likeness (QED) is 0.678. The Labute approximate surface area is 175 Å². The third kappa shape index (κ3) is 6.59. The molecular weight excluding hydrogens is 392 g/mol. The predicted molar refractivity (Wildman–Crippen MR) is 111 cm³/mol. The van der Waals surface area contributed by atoms with Crippen molar-refractivity contribution in [3.05, 3.63) is 35.9 Å². The summed E-state index contributed by atoms with van der Waals surface area (Å²) in [5, 5.41) is 2.04. The van der Waals surface area contributed by atoms with Gasteiger partial charge < -0.3 is 15.0 Å². The molecule has 7 nitrogen and oxygen atoms in total. The highest BCUT2D eigenvalue weighted by atomic mass is 32.2. The third-order valence-electron chi connectivity index (χ3n) is 4.91. The molecule has 8 heteroatoms. The SMILES string of the molecule is COC(=O)[C@H](C)N1CCCC[C@H](NC(=O)[C@H](Cc2ccccc2)SC(C)=O)C1=O. The van der Waals surface area contributed by atoms with Crippen LogP contribution < -0.4 is 5.32 Å². The molecule has 1 fully saturated rings. The maximum atomic E-state index is 13.0. The number of thioether (sulfide) groups is 1. The summed E-state index contributed by atoms with van der Waals surface area (Å²) in [4.78, 5) is 50.9. The summed E-state index contributed by atoms with van der Waals surface area (Å²) in [6, 6.07) is 8.01. The standard InChI is InChI=1S/C21H28N2O5S/c1-14(21(27)28-3)23-12-8-7-11-17(20(23)26)22-19(25)18(29-15(2)24)13-16-9-5-4-6-10-16/h4-6,9-10,14,17-18H,7-8,11-13H2,1-3H3,(H,22,25)/t14-,17-,18-/m0/s1. The number of hydrogen-bond acceptors (Lipinski definition) is 6. The first kappa shape index (κ1) is 22.9.